The zero-order valence-electron chi connectivity index (χ0n) is 14.3. The van der Waals surface area contributed by atoms with Crippen molar-refractivity contribution in [3.05, 3.63) is 48.7 Å². The fourth-order valence-corrected chi connectivity index (χ4v) is 2.76. The molecule has 3 rings (SSSR count). The zero-order valence-corrected chi connectivity index (χ0v) is 14.3. The van der Waals surface area contributed by atoms with Gasteiger partial charge < -0.3 is 20.1 Å². The average molecular weight is 341 g/mol. The largest absolute Gasteiger partial charge is 0.484 e. The quantitative estimate of drug-likeness (QED) is 0.844. The Labute approximate surface area is 147 Å². The molecule has 1 aliphatic heterocycles. The fourth-order valence-electron chi connectivity index (χ4n) is 2.76. The van der Waals surface area contributed by atoms with Crippen LogP contribution in [-0.2, 0) is 4.79 Å². The molecule has 2 heterocycles. The van der Waals surface area contributed by atoms with Gasteiger partial charge in [0, 0.05) is 18.3 Å². The second-order valence-corrected chi connectivity index (χ2v) is 6.17. The molecule has 132 valence electrons. The van der Waals surface area contributed by atoms with E-state index >= 15 is 0 Å². The Morgan fingerprint density at radius 3 is 2.76 bits per heavy atom. The number of piperidine rings is 1. The van der Waals surface area contributed by atoms with Gasteiger partial charge in [-0.15, -0.1) is 0 Å². The monoisotopic (exact) mass is 341 g/mol. The van der Waals surface area contributed by atoms with Gasteiger partial charge in [-0.2, -0.15) is 0 Å². The van der Waals surface area contributed by atoms with Crippen LogP contribution in [0.5, 0.6) is 17.4 Å². The summed E-state index contributed by atoms with van der Waals surface area (Å²) in [6, 6.07) is 12.8. The molecule has 0 bridgehead atoms. The minimum atomic E-state index is -0.0902. The van der Waals surface area contributed by atoms with E-state index in [0.717, 1.165) is 19.5 Å². The number of hydrogen-bond acceptors (Lipinski definition) is 5. The van der Waals surface area contributed by atoms with Crippen molar-refractivity contribution >= 4 is 5.91 Å². The Hall–Kier alpha value is -2.60. The van der Waals surface area contributed by atoms with E-state index in [1.165, 1.54) is 0 Å². The molecule has 1 aromatic carbocycles. The van der Waals surface area contributed by atoms with Crippen molar-refractivity contribution < 1.29 is 14.3 Å². The highest BCUT2D eigenvalue weighted by Gasteiger charge is 2.22. The van der Waals surface area contributed by atoms with Crippen LogP contribution in [0.2, 0.25) is 0 Å². The van der Waals surface area contributed by atoms with Crippen LogP contribution in [0.25, 0.3) is 0 Å². The molecule has 2 unspecified atom stereocenters. The molecule has 6 nitrogen and oxygen atoms in total. The number of carbonyl (C=O) groups excluding carboxylic acids is 1. The van der Waals surface area contributed by atoms with E-state index in [-0.39, 0.29) is 18.6 Å². The van der Waals surface area contributed by atoms with Gasteiger partial charge >= 0.3 is 0 Å². The standard InChI is InChI=1S/C19H23N3O3/c1-14-12-20-11-9-17(14)22-18(23)13-24-15-5-7-16(8-6-15)25-19-4-2-3-10-21-19/h2-8,10,14,17,20H,9,11-13H2,1H3,(H,22,23). The first kappa shape index (κ1) is 17.2. The number of ether oxygens (including phenoxy) is 2. The molecule has 1 amide bonds. The number of nitrogens with one attached hydrogen (secondary N) is 2. The van der Waals surface area contributed by atoms with Crippen LogP contribution in [-0.4, -0.2) is 36.6 Å². The summed E-state index contributed by atoms with van der Waals surface area (Å²) in [7, 11) is 0. The highest BCUT2D eigenvalue weighted by atomic mass is 16.5. The maximum atomic E-state index is 12.0. The summed E-state index contributed by atoms with van der Waals surface area (Å²) in [5, 5.41) is 6.37. The van der Waals surface area contributed by atoms with Gasteiger partial charge in [0.05, 0.1) is 0 Å². The second-order valence-electron chi connectivity index (χ2n) is 6.17. The van der Waals surface area contributed by atoms with E-state index in [1.54, 1.807) is 36.5 Å². The van der Waals surface area contributed by atoms with Gasteiger partial charge in [-0.25, -0.2) is 4.98 Å². The lowest BCUT2D eigenvalue weighted by Gasteiger charge is -2.30. The minimum Gasteiger partial charge on any atom is -0.484 e. The van der Waals surface area contributed by atoms with Gasteiger partial charge in [0.1, 0.15) is 11.5 Å². The van der Waals surface area contributed by atoms with Crippen LogP contribution < -0.4 is 20.1 Å². The third-order valence-electron chi connectivity index (χ3n) is 4.19. The SMILES string of the molecule is CC1CNCCC1NC(=O)COc1ccc(Oc2ccccn2)cc1. The normalized spacial score (nSPS) is 19.9. The number of amides is 1. The van der Waals surface area contributed by atoms with Gasteiger partial charge in [0.2, 0.25) is 5.88 Å². The van der Waals surface area contributed by atoms with E-state index in [4.69, 9.17) is 9.47 Å². The van der Waals surface area contributed by atoms with Gasteiger partial charge in [-0.1, -0.05) is 13.0 Å². The number of nitrogens with zero attached hydrogens (tertiary/aromatic N) is 1. The molecular formula is C19H23N3O3. The molecule has 0 saturated carbocycles. The first-order valence-electron chi connectivity index (χ1n) is 8.52. The molecule has 1 saturated heterocycles. The molecule has 2 atom stereocenters. The predicted molar refractivity (Wildman–Crippen MR) is 94.8 cm³/mol. The summed E-state index contributed by atoms with van der Waals surface area (Å²) in [6.45, 7) is 4.02. The maximum Gasteiger partial charge on any atom is 0.258 e. The fraction of sp³-hybridized carbons (Fsp3) is 0.368. The molecule has 6 heteroatoms. The van der Waals surface area contributed by atoms with Crippen LogP contribution in [0.4, 0.5) is 0 Å². The molecule has 1 aromatic heterocycles. The summed E-state index contributed by atoms with van der Waals surface area (Å²) in [6.07, 6.45) is 2.63. The number of aromatic nitrogens is 1. The van der Waals surface area contributed by atoms with Crippen LogP contribution in [0.15, 0.2) is 48.7 Å². The minimum absolute atomic E-state index is 0.0110. The topological polar surface area (TPSA) is 72.5 Å². The predicted octanol–water partition coefficient (Wildman–Crippen LogP) is 2.37. The number of benzene rings is 1. The smallest absolute Gasteiger partial charge is 0.258 e. The van der Waals surface area contributed by atoms with E-state index in [1.807, 2.05) is 12.1 Å². The van der Waals surface area contributed by atoms with Gasteiger partial charge in [0.15, 0.2) is 6.61 Å². The van der Waals surface area contributed by atoms with Crippen molar-refractivity contribution in [1.29, 1.82) is 0 Å². The van der Waals surface area contributed by atoms with E-state index < -0.39 is 0 Å². The summed E-state index contributed by atoms with van der Waals surface area (Å²) in [5.74, 6) is 2.17. The second kappa shape index (κ2) is 8.48. The maximum absolute atomic E-state index is 12.0. The van der Waals surface area contributed by atoms with Gasteiger partial charge in [-0.3, -0.25) is 4.79 Å². The van der Waals surface area contributed by atoms with Crippen molar-refractivity contribution in [1.82, 2.24) is 15.6 Å². The lowest BCUT2D eigenvalue weighted by atomic mass is 9.95. The third kappa shape index (κ3) is 5.19. The van der Waals surface area contributed by atoms with Crippen molar-refractivity contribution in [3.8, 4) is 17.4 Å². The molecule has 1 aliphatic rings. The molecule has 2 aromatic rings. The molecule has 25 heavy (non-hydrogen) atoms. The van der Waals surface area contributed by atoms with Crippen LogP contribution in [0.3, 0.4) is 0 Å². The Balaban J connectivity index is 1.46. The van der Waals surface area contributed by atoms with Crippen molar-refractivity contribution in [2.24, 2.45) is 5.92 Å². The number of rotatable bonds is 6. The number of pyridine rings is 1. The van der Waals surface area contributed by atoms with E-state index in [0.29, 0.717) is 23.3 Å². The molecule has 0 spiro atoms. The Morgan fingerprint density at radius 1 is 1.24 bits per heavy atom. The first-order chi connectivity index (χ1) is 12.2. The average Bonchev–Trinajstić information content (AvgIpc) is 2.64. The van der Waals surface area contributed by atoms with Gasteiger partial charge in [0.25, 0.3) is 5.91 Å². The summed E-state index contributed by atoms with van der Waals surface area (Å²) in [4.78, 5) is 16.2. The molecular weight excluding hydrogens is 318 g/mol. The van der Waals surface area contributed by atoms with Crippen LogP contribution >= 0.6 is 0 Å². The van der Waals surface area contributed by atoms with Gasteiger partial charge in [-0.05, 0) is 55.8 Å². The van der Waals surface area contributed by atoms with Crippen molar-refractivity contribution in [2.75, 3.05) is 19.7 Å². The molecule has 1 fully saturated rings. The lowest BCUT2D eigenvalue weighted by Crippen LogP contribution is -2.49. The molecule has 0 aliphatic carbocycles. The summed E-state index contributed by atoms with van der Waals surface area (Å²) >= 11 is 0. The highest BCUT2D eigenvalue weighted by Crippen LogP contribution is 2.22. The number of hydrogen-bond donors (Lipinski definition) is 2. The first-order valence-corrected chi connectivity index (χ1v) is 8.52. The Bertz CT molecular complexity index is 676. The van der Waals surface area contributed by atoms with Crippen LogP contribution in [0, 0.1) is 5.92 Å². The van der Waals surface area contributed by atoms with Crippen LogP contribution in [0.1, 0.15) is 13.3 Å². The van der Waals surface area contributed by atoms with E-state index in [9.17, 15) is 4.79 Å². The lowest BCUT2D eigenvalue weighted by molar-refractivity contribution is -0.124. The highest BCUT2D eigenvalue weighted by molar-refractivity contribution is 5.77. The summed E-state index contributed by atoms with van der Waals surface area (Å²) < 4.78 is 11.2. The molecule has 0 radical (unpaired) electrons. The third-order valence-corrected chi connectivity index (χ3v) is 4.19. The Morgan fingerprint density at radius 2 is 2.04 bits per heavy atom. The zero-order chi connectivity index (χ0) is 17.5. The number of carbonyl (C=O) groups is 1. The van der Waals surface area contributed by atoms with E-state index in [2.05, 4.69) is 22.5 Å². The summed E-state index contributed by atoms with van der Waals surface area (Å²) in [5.41, 5.74) is 0. The Kier molecular flexibility index (Phi) is 5.85. The molecule has 2 N–H and O–H groups in total. The van der Waals surface area contributed by atoms with Crippen molar-refractivity contribution in [2.45, 2.75) is 19.4 Å². The van der Waals surface area contributed by atoms with Crippen molar-refractivity contribution in [3.63, 3.8) is 0 Å².